The van der Waals surface area contributed by atoms with E-state index in [0.29, 0.717) is 38.8 Å². The molecule has 1 fully saturated rings. The van der Waals surface area contributed by atoms with Gasteiger partial charge in [0.05, 0.1) is 13.2 Å². The number of rotatable bonds is 4. The van der Waals surface area contributed by atoms with Gasteiger partial charge in [0.1, 0.15) is 6.54 Å². The molecule has 2 N–H and O–H groups in total. The van der Waals surface area contributed by atoms with Crippen LogP contribution in [-0.4, -0.2) is 41.7 Å². The normalized spacial score (nSPS) is 17.8. The molecule has 1 amide bonds. The number of hydrogen-bond donors (Lipinski definition) is 1. The van der Waals surface area contributed by atoms with Crippen molar-refractivity contribution in [2.24, 2.45) is 11.7 Å². The van der Waals surface area contributed by atoms with Gasteiger partial charge in [-0.05, 0) is 17.5 Å². The second-order valence-corrected chi connectivity index (χ2v) is 5.38. The van der Waals surface area contributed by atoms with Gasteiger partial charge < -0.3 is 19.9 Å². The number of amides is 1. The topological polar surface area (TPSA) is 60.5 Å². The van der Waals surface area contributed by atoms with Crippen molar-refractivity contribution in [1.29, 1.82) is 0 Å². The number of carbonyl (C=O) groups is 1. The second-order valence-electron chi connectivity index (χ2n) is 5.38. The molecule has 5 heteroatoms. The molecule has 1 aromatic rings. The van der Waals surface area contributed by atoms with E-state index >= 15 is 0 Å². The predicted octanol–water partition coefficient (Wildman–Crippen LogP) is 1.00. The summed E-state index contributed by atoms with van der Waals surface area (Å²) in [6.07, 6.45) is 3.90. The van der Waals surface area contributed by atoms with Gasteiger partial charge in [0.15, 0.2) is 0 Å². The number of aromatic nitrogens is 1. The average Bonchev–Trinajstić information content (AvgIpc) is 2.87. The first-order chi connectivity index (χ1) is 9.08. The van der Waals surface area contributed by atoms with Gasteiger partial charge in [-0.3, -0.25) is 4.79 Å². The first-order valence-electron chi connectivity index (χ1n) is 6.84. The van der Waals surface area contributed by atoms with Crippen LogP contribution in [0.5, 0.6) is 0 Å². The van der Waals surface area contributed by atoms with Crippen LogP contribution in [0.25, 0.3) is 0 Å². The highest BCUT2D eigenvalue weighted by molar-refractivity contribution is 5.76. The quantitative estimate of drug-likeness (QED) is 0.883. The Bertz CT molecular complexity index is 422. The van der Waals surface area contributed by atoms with Crippen LogP contribution in [0.15, 0.2) is 18.5 Å². The third-order valence-electron chi connectivity index (χ3n) is 3.56. The highest BCUT2D eigenvalue weighted by Gasteiger charge is 2.17. The molecule has 2 rings (SSSR count). The minimum atomic E-state index is 0.0275. The largest absolute Gasteiger partial charge is 0.378 e. The zero-order valence-corrected chi connectivity index (χ0v) is 11.7. The molecule has 1 aromatic heterocycles. The number of carbonyl (C=O) groups excluding carboxylic acids is 1. The lowest BCUT2D eigenvalue weighted by molar-refractivity contribution is -0.135. The van der Waals surface area contributed by atoms with Crippen molar-refractivity contribution in [3.63, 3.8) is 0 Å². The molecule has 2 heterocycles. The van der Waals surface area contributed by atoms with Gasteiger partial charge in [-0.25, -0.2) is 0 Å². The maximum Gasteiger partial charge on any atom is 0.242 e. The molecule has 0 spiro atoms. The first kappa shape index (κ1) is 14.1. The van der Waals surface area contributed by atoms with Crippen LogP contribution in [0.3, 0.4) is 0 Å². The Labute approximate surface area is 114 Å². The Hall–Kier alpha value is -1.33. The molecule has 0 saturated carbocycles. The van der Waals surface area contributed by atoms with Crippen LogP contribution in [0.4, 0.5) is 0 Å². The van der Waals surface area contributed by atoms with Gasteiger partial charge in [0, 0.05) is 31.5 Å². The van der Waals surface area contributed by atoms with Crippen molar-refractivity contribution >= 4 is 5.91 Å². The van der Waals surface area contributed by atoms with E-state index in [1.54, 1.807) is 0 Å². The minimum Gasteiger partial charge on any atom is -0.378 e. The van der Waals surface area contributed by atoms with Crippen LogP contribution in [0, 0.1) is 5.92 Å². The maximum absolute atomic E-state index is 12.1. The van der Waals surface area contributed by atoms with E-state index in [1.165, 1.54) is 0 Å². The molecule has 106 valence electrons. The van der Waals surface area contributed by atoms with Crippen LogP contribution in [0.2, 0.25) is 0 Å². The summed E-state index contributed by atoms with van der Waals surface area (Å²) in [7, 11) is 0. The molecule has 0 aromatic carbocycles. The fraction of sp³-hybridized carbons (Fsp3) is 0.643. The van der Waals surface area contributed by atoms with Gasteiger partial charge in [-0.2, -0.15) is 0 Å². The fourth-order valence-corrected chi connectivity index (χ4v) is 2.21. The number of nitrogens with two attached hydrogens (primary N) is 1. The molecule has 1 atom stereocenters. The van der Waals surface area contributed by atoms with Gasteiger partial charge in [0.2, 0.25) is 5.91 Å². The third-order valence-corrected chi connectivity index (χ3v) is 3.56. The Morgan fingerprint density at radius 3 is 2.74 bits per heavy atom. The number of morpholine rings is 1. The van der Waals surface area contributed by atoms with Crippen molar-refractivity contribution in [1.82, 2.24) is 9.47 Å². The standard InChI is InChI=1S/C14H23N3O2/c1-11(2)14(15)12-3-4-16(9-12)10-13(18)17-5-7-19-8-6-17/h3-4,9,11,14H,5-8,10,15H2,1-2H3. The molecule has 1 unspecified atom stereocenters. The zero-order chi connectivity index (χ0) is 13.8. The third kappa shape index (κ3) is 3.58. The summed E-state index contributed by atoms with van der Waals surface area (Å²) in [5.74, 6) is 0.536. The van der Waals surface area contributed by atoms with Gasteiger partial charge >= 0.3 is 0 Å². The second kappa shape index (κ2) is 6.21. The SMILES string of the molecule is CC(C)C(N)c1ccn(CC(=O)N2CCOCC2)c1. The molecular formula is C14H23N3O2. The molecule has 19 heavy (non-hydrogen) atoms. The van der Waals surface area contributed by atoms with E-state index in [9.17, 15) is 4.79 Å². The molecule has 0 aliphatic carbocycles. The van der Waals surface area contributed by atoms with Gasteiger partial charge in [0.25, 0.3) is 0 Å². The van der Waals surface area contributed by atoms with Crippen molar-refractivity contribution < 1.29 is 9.53 Å². The van der Waals surface area contributed by atoms with Crippen molar-refractivity contribution in [2.75, 3.05) is 26.3 Å². The summed E-state index contributed by atoms with van der Waals surface area (Å²) in [5.41, 5.74) is 7.19. The monoisotopic (exact) mass is 265 g/mol. The summed E-state index contributed by atoms with van der Waals surface area (Å²) in [6, 6.07) is 2.02. The van der Waals surface area contributed by atoms with E-state index in [2.05, 4.69) is 13.8 Å². The Kier molecular flexibility index (Phi) is 4.61. The lowest BCUT2D eigenvalue weighted by Gasteiger charge is -2.27. The number of hydrogen-bond acceptors (Lipinski definition) is 3. The molecule has 0 bridgehead atoms. The average molecular weight is 265 g/mol. The Morgan fingerprint density at radius 2 is 2.11 bits per heavy atom. The molecule has 1 aliphatic heterocycles. The minimum absolute atomic E-state index is 0.0275. The van der Waals surface area contributed by atoms with E-state index in [4.69, 9.17) is 10.5 Å². The van der Waals surface area contributed by atoms with E-state index in [-0.39, 0.29) is 11.9 Å². The number of nitrogens with zero attached hydrogens (tertiary/aromatic N) is 2. The summed E-state index contributed by atoms with van der Waals surface area (Å²) < 4.78 is 7.16. The lowest BCUT2D eigenvalue weighted by Crippen LogP contribution is -2.42. The van der Waals surface area contributed by atoms with Crippen LogP contribution < -0.4 is 5.73 Å². The highest BCUT2D eigenvalue weighted by Crippen LogP contribution is 2.18. The van der Waals surface area contributed by atoms with E-state index in [0.717, 1.165) is 5.56 Å². The van der Waals surface area contributed by atoms with Gasteiger partial charge in [-0.1, -0.05) is 13.8 Å². The van der Waals surface area contributed by atoms with Crippen LogP contribution >= 0.6 is 0 Å². The van der Waals surface area contributed by atoms with Gasteiger partial charge in [-0.15, -0.1) is 0 Å². The van der Waals surface area contributed by atoms with Crippen LogP contribution in [0.1, 0.15) is 25.5 Å². The molecule has 1 saturated heterocycles. The predicted molar refractivity (Wildman–Crippen MR) is 73.6 cm³/mol. The molecular weight excluding hydrogens is 242 g/mol. The first-order valence-corrected chi connectivity index (χ1v) is 6.84. The highest BCUT2D eigenvalue weighted by atomic mass is 16.5. The number of ether oxygens (including phenoxy) is 1. The van der Waals surface area contributed by atoms with E-state index < -0.39 is 0 Å². The lowest BCUT2D eigenvalue weighted by atomic mass is 10.00. The smallest absolute Gasteiger partial charge is 0.242 e. The Balaban J connectivity index is 1.94. The van der Waals surface area contributed by atoms with E-state index in [1.807, 2.05) is 27.9 Å². The summed E-state index contributed by atoms with van der Waals surface area (Å²) >= 11 is 0. The fourth-order valence-electron chi connectivity index (χ4n) is 2.21. The maximum atomic E-state index is 12.1. The van der Waals surface area contributed by atoms with Crippen molar-refractivity contribution in [3.05, 3.63) is 24.0 Å². The van der Waals surface area contributed by atoms with Crippen molar-refractivity contribution in [3.8, 4) is 0 Å². The molecule has 1 aliphatic rings. The zero-order valence-electron chi connectivity index (χ0n) is 11.7. The Morgan fingerprint density at radius 1 is 1.42 bits per heavy atom. The summed E-state index contributed by atoms with van der Waals surface area (Å²) in [6.45, 7) is 7.24. The summed E-state index contributed by atoms with van der Waals surface area (Å²) in [4.78, 5) is 14.0. The van der Waals surface area contributed by atoms with Crippen molar-refractivity contribution in [2.45, 2.75) is 26.4 Å². The molecule has 5 nitrogen and oxygen atoms in total. The van der Waals surface area contributed by atoms with Crippen LogP contribution in [-0.2, 0) is 16.1 Å². The summed E-state index contributed by atoms with van der Waals surface area (Å²) in [5, 5.41) is 0. The molecule has 0 radical (unpaired) electrons.